The Morgan fingerprint density at radius 3 is 2.70 bits per heavy atom. The molecule has 2 atom stereocenters. The quantitative estimate of drug-likeness (QED) is 0.322. The van der Waals surface area contributed by atoms with Gasteiger partial charge in [0.15, 0.2) is 5.82 Å². The van der Waals surface area contributed by atoms with Gasteiger partial charge < -0.3 is 10.6 Å². The molecule has 0 amide bonds. The standard InChI is InChI=1S/C28H31N9/c1-18-13-26(36-35-18)33-27-24-9-8-19(20-5-3-11-30-17-20)14-25(24)32-28(34-27)31-21-15-22-6-2-7-23(16-21)37(22)12-4-10-29/h3,5,8-9,11,13-14,17,21-23H,2,4,6-7,12,15-16H2,1H3,(H3,31,32,33,34,35,36). The number of pyridine rings is 1. The number of hydrogen-bond donors (Lipinski definition) is 3. The first-order valence-corrected chi connectivity index (χ1v) is 13.1. The summed E-state index contributed by atoms with van der Waals surface area (Å²) in [6, 6.07) is 15.8. The summed E-state index contributed by atoms with van der Waals surface area (Å²) in [6.45, 7) is 2.85. The van der Waals surface area contributed by atoms with Crippen LogP contribution in [0, 0.1) is 18.3 Å². The average Bonchev–Trinajstić information content (AvgIpc) is 3.32. The molecule has 0 aliphatic carbocycles. The number of piperidine rings is 2. The second kappa shape index (κ2) is 10.1. The second-order valence-corrected chi connectivity index (χ2v) is 10.1. The summed E-state index contributed by atoms with van der Waals surface area (Å²) < 4.78 is 0. The Labute approximate surface area is 216 Å². The Kier molecular flexibility index (Phi) is 6.41. The van der Waals surface area contributed by atoms with Crippen molar-refractivity contribution in [3.8, 4) is 17.2 Å². The molecule has 3 aromatic heterocycles. The smallest absolute Gasteiger partial charge is 0.225 e. The van der Waals surface area contributed by atoms with Crippen molar-refractivity contribution in [1.82, 2.24) is 30.0 Å². The highest BCUT2D eigenvalue weighted by atomic mass is 15.2. The van der Waals surface area contributed by atoms with Crippen molar-refractivity contribution in [3.05, 3.63) is 54.5 Å². The Balaban J connectivity index is 1.32. The van der Waals surface area contributed by atoms with Gasteiger partial charge in [0.2, 0.25) is 5.95 Å². The number of H-pyrrole nitrogens is 1. The predicted octanol–water partition coefficient (Wildman–Crippen LogP) is 5.18. The normalized spacial score (nSPS) is 21.5. The lowest BCUT2D eigenvalue weighted by molar-refractivity contribution is 0.0369. The van der Waals surface area contributed by atoms with Crippen LogP contribution in [0.25, 0.3) is 22.0 Å². The van der Waals surface area contributed by atoms with E-state index in [9.17, 15) is 0 Å². The summed E-state index contributed by atoms with van der Waals surface area (Å²) >= 11 is 0. The van der Waals surface area contributed by atoms with Gasteiger partial charge in [-0.05, 0) is 56.4 Å². The highest BCUT2D eigenvalue weighted by Gasteiger charge is 2.38. The zero-order chi connectivity index (χ0) is 25.2. The third kappa shape index (κ3) is 4.98. The predicted molar refractivity (Wildman–Crippen MR) is 144 cm³/mol. The molecule has 2 aliphatic heterocycles. The van der Waals surface area contributed by atoms with E-state index in [1.165, 1.54) is 19.3 Å². The van der Waals surface area contributed by atoms with Gasteiger partial charge in [0.05, 0.1) is 11.6 Å². The minimum Gasteiger partial charge on any atom is -0.351 e. The maximum Gasteiger partial charge on any atom is 0.225 e. The molecule has 37 heavy (non-hydrogen) atoms. The van der Waals surface area contributed by atoms with E-state index < -0.39 is 0 Å². The maximum absolute atomic E-state index is 9.10. The number of hydrogen-bond acceptors (Lipinski definition) is 8. The number of rotatable bonds is 7. The number of aromatic amines is 1. The number of aromatic nitrogens is 5. The summed E-state index contributed by atoms with van der Waals surface area (Å²) in [6.07, 6.45) is 9.99. The summed E-state index contributed by atoms with van der Waals surface area (Å²) in [5.41, 5.74) is 3.95. The third-order valence-corrected chi connectivity index (χ3v) is 7.59. The molecule has 2 bridgehead atoms. The number of fused-ring (bicyclic) bond motifs is 3. The highest BCUT2D eigenvalue weighted by Crippen LogP contribution is 2.36. The van der Waals surface area contributed by atoms with E-state index in [0.29, 0.717) is 30.5 Å². The molecule has 1 aromatic carbocycles. The second-order valence-electron chi connectivity index (χ2n) is 10.1. The van der Waals surface area contributed by atoms with Crippen LogP contribution in [0.3, 0.4) is 0 Å². The summed E-state index contributed by atoms with van der Waals surface area (Å²) in [4.78, 5) is 16.7. The molecule has 4 aromatic rings. The van der Waals surface area contributed by atoms with Crippen LogP contribution in [-0.4, -0.2) is 54.7 Å². The molecule has 9 nitrogen and oxygen atoms in total. The fraction of sp³-hybridized carbons (Fsp3) is 0.393. The Hall–Kier alpha value is -4.03. The molecule has 9 heteroatoms. The van der Waals surface area contributed by atoms with Gasteiger partial charge in [-0.15, -0.1) is 0 Å². The van der Waals surface area contributed by atoms with E-state index in [1.807, 2.05) is 25.3 Å². The van der Waals surface area contributed by atoms with E-state index in [4.69, 9.17) is 15.2 Å². The lowest BCUT2D eigenvalue weighted by Gasteiger charge is -2.48. The SMILES string of the molecule is Cc1cc(Nc2nc(NC3CC4CCCC(C3)N4CCC#N)nc3cc(-c4cccnc4)ccc23)n[nH]1. The minimum absolute atomic E-state index is 0.299. The number of aryl methyl sites for hydroxylation is 1. The van der Waals surface area contributed by atoms with Crippen molar-refractivity contribution >= 4 is 28.5 Å². The molecule has 2 fully saturated rings. The van der Waals surface area contributed by atoms with Crippen LogP contribution in [0.1, 0.15) is 44.2 Å². The minimum atomic E-state index is 0.299. The number of benzene rings is 1. The van der Waals surface area contributed by atoms with E-state index in [1.54, 1.807) is 6.20 Å². The molecule has 2 aliphatic rings. The van der Waals surface area contributed by atoms with E-state index in [2.05, 4.69) is 61.0 Å². The molecule has 0 saturated carbocycles. The van der Waals surface area contributed by atoms with Crippen LogP contribution < -0.4 is 10.6 Å². The molecule has 2 saturated heterocycles. The van der Waals surface area contributed by atoms with Crippen molar-refractivity contribution in [2.24, 2.45) is 0 Å². The van der Waals surface area contributed by atoms with Crippen LogP contribution >= 0.6 is 0 Å². The molecule has 2 unspecified atom stereocenters. The molecule has 5 heterocycles. The summed E-state index contributed by atoms with van der Waals surface area (Å²) in [5, 5.41) is 24.4. The molecular weight excluding hydrogens is 462 g/mol. The topological polar surface area (TPSA) is 118 Å². The lowest BCUT2D eigenvalue weighted by Crippen LogP contribution is -2.55. The van der Waals surface area contributed by atoms with Gasteiger partial charge >= 0.3 is 0 Å². The highest BCUT2D eigenvalue weighted by molar-refractivity contribution is 5.94. The molecule has 3 N–H and O–H groups in total. The van der Waals surface area contributed by atoms with Crippen molar-refractivity contribution in [2.45, 2.75) is 63.6 Å². The summed E-state index contributed by atoms with van der Waals surface area (Å²) in [5.74, 6) is 2.07. The van der Waals surface area contributed by atoms with Crippen LogP contribution in [0.4, 0.5) is 17.6 Å². The van der Waals surface area contributed by atoms with E-state index in [0.717, 1.165) is 58.7 Å². The molecule has 188 valence electrons. The van der Waals surface area contributed by atoms with Crippen LogP contribution in [0.2, 0.25) is 0 Å². The van der Waals surface area contributed by atoms with Crippen molar-refractivity contribution in [2.75, 3.05) is 17.2 Å². The lowest BCUT2D eigenvalue weighted by atomic mass is 9.81. The fourth-order valence-electron chi connectivity index (χ4n) is 5.93. The third-order valence-electron chi connectivity index (χ3n) is 7.59. The fourth-order valence-corrected chi connectivity index (χ4v) is 5.93. The van der Waals surface area contributed by atoms with Crippen LogP contribution in [0.15, 0.2) is 48.8 Å². The number of nitrogens with one attached hydrogen (secondary N) is 3. The largest absolute Gasteiger partial charge is 0.351 e. The van der Waals surface area contributed by atoms with Gasteiger partial charge in [-0.2, -0.15) is 15.3 Å². The molecule has 0 radical (unpaired) electrons. The Morgan fingerprint density at radius 2 is 1.97 bits per heavy atom. The Morgan fingerprint density at radius 1 is 1.11 bits per heavy atom. The van der Waals surface area contributed by atoms with Gasteiger partial charge in [-0.25, -0.2) is 4.98 Å². The van der Waals surface area contributed by atoms with Crippen LogP contribution in [-0.2, 0) is 0 Å². The van der Waals surface area contributed by atoms with Gasteiger partial charge in [0, 0.05) is 66.2 Å². The van der Waals surface area contributed by atoms with Gasteiger partial charge in [-0.1, -0.05) is 18.6 Å². The van der Waals surface area contributed by atoms with Crippen LogP contribution in [0.5, 0.6) is 0 Å². The zero-order valence-electron chi connectivity index (χ0n) is 21.0. The van der Waals surface area contributed by atoms with Crippen molar-refractivity contribution < 1.29 is 0 Å². The molecule has 0 spiro atoms. The van der Waals surface area contributed by atoms with Crippen molar-refractivity contribution in [1.29, 1.82) is 5.26 Å². The first-order chi connectivity index (χ1) is 18.2. The monoisotopic (exact) mass is 493 g/mol. The first-order valence-electron chi connectivity index (χ1n) is 13.1. The van der Waals surface area contributed by atoms with Gasteiger partial charge in [0.25, 0.3) is 0 Å². The molecular formula is C28H31N9. The molecule has 6 rings (SSSR count). The van der Waals surface area contributed by atoms with Crippen molar-refractivity contribution in [3.63, 3.8) is 0 Å². The zero-order valence-corrected chi connectivity index (χ0v) is 21.0. The number of nitrogens with zero attached hydrogens (tertiary/aromatic N) is 6. The number of nitriles is 1. The maximum atomic E-state index is 9.10. The van der Waals surface area contributed by atoms with E-state index >= 15 is 0 Å². The Bertz CT molecular complexity index is 1410. The van der Waals surface area contributed by atoms with Gasteiger partial charge in [0.1, 0.15) is 5.82 Å². The van der Waals surface area contributed by atoms with E-state index in [-0.39, 0.29) is 0 Å². The number of anilines is 3. The van der Waals surface area contributed by atoms with Gasteiger partial charge in [-0.3, -0.25) is 15.0 Å². The average molecular weight is 494 g/mol. The first kappa shape index (κ1) is 23.4. The summed E-state index contributed by atoms with van der Waals surface area (Å²) in [7, 11) is 0.